The molecule has 4 nitrogen and oxygen atoms in total. The molecule has 21 heavy (non-hydrogen) atoms. The number of nitrogens with one attached hydrogen (secondary N) is 2. The Labute approximate surface area is 132 Å². The highest BCUT2D eigenvalue weighted by Crippen LogP contribution is 2.18. The zero-order chi connectivity index (χ0) is 15.3. The van der Waals surface area contributed by atoms with Crippen LogP contribution in [0.15, 0.2) is 24.3 Å². The van der Waals surface area contributed by atoms with E-state index in [1.54, 1.807) is 0 Å². The Bertz CT molecular complexity index is 553. The van der Waals surface area contributed by atoms with E-state index in [1.807, 2.05) is 49.9 Å². The monoisotopic (exact) mass is 328 g/mol. The lowest BCUT2D eigenvalue weighted by Crippen LogP contribution is -2.32. The summed E-state index contributed by atoms with van der Waals surface area (Å²) in [5.74, 6) is 2.41. The van der Waals surface area contributed by atoms with Crippen molar-refractivity contribution in [2.45, 2.75) is 44.6 Å². The molecule has 1 atom stereocenters. The van der Waals surface area contributed by atoms with Crippen molar-refractivity contribution in [3.63, 3.8) is 0 Å². The predicted molar refractivity (Wildman–Crippen MR) is 89.9 cm³/mol. The molecule has 1 heterocycles. The van der Waals surface area contributed by atoms with Gasteiger partial charge in [0.1, 0.15) is 0 Å². The number of thioether (sulfide) groups is 1. The molecule has 1 aromatic carbocycles. The Morgan fingerprint density at radius 1 is 1.29 bits per heavy atom. The molecule has 0 aromatic heterocycles. The second kappa shape index (κ2) is 7.63. The first-order chi connectivity index (χ1) is 9.96. The number of benzene rings is 1. The van der Waals surface area contributed by atoms with Crippen molar-refractivity contribution in [3.8, 4) is 0 Å². The van der Waals surface area contributed by atoms with Crippen LogP contribution in [0.2, 0.25) is 0 Å². The maximum absolute atomic E-state index is 12.1. The van der Waals surface area contributed by atoms with Gasteiger partial charge in [0.2, 0.25) is 10.0 Å². The number of hydrogen-bond acceptors (Lipinski definition) is 4. The van der Waals surface area contributed by atoms with Crippen LogP contribution in [0.1, 0.15) is 31.4 Å². The summed E-state index contributed by atoms with van der Waals surface area (Å²) in [7, 11) is -3.28. The second-order valence-electron chi connectivity index (χ2n) is 5.74. The highest BCUT2D eigenvalue weighted by Gasteiger charge is 2.17. The van der Waals surface area contributed by atoms with Gasteiger partial charge in [0.15, 0.2) is 0 Å². The molecule has 0 radical (unpaired) electrons. The van der Waals surface area contributed by atoms with Gasteiger partial charge in [0, 0.05) is 24.4 Å². The molecule has 1 unspecified atom stereocenters. The minimum absolute atomic E-state index is 0.0441. The van der Waals surface area contributed by atoms with E-state index in [1.165, 1.54) is 12.2 Å². The van der Waals surface area contributed by atoms with Gasteiger partial charge >= 0.3 is 0 Å². The number of sulfonamides is 1. The molecule has 0 amide bonds. The van der Waals surface area contributed by atoms with Crippen LogP contribution in [0, 0.1) is 0 Å². The predicted octanol–water partition coefficient (Wildman–Crippen LogP) is 2.11. The van der Waals surface area contributed by atoms with Crippen LogP contribution >= 0.6 is 11.8 Å². The SMILES string of the molecule is CC(C)NS(=O)(=O)Cc1ccccc1CNC1CCSC1. The van der Waals surface area contributed by atoms with Crippen molar-refractivity contribution >= 4 is 21.8 Å². The molecule has 118 valence electrons. The molecule has 0 aliphatic carbocycles. The lowest BCUT2D eigenvalue weighted by molar-refractivity contribution is 0.554. The molecule has 1 aromatic rings. The normalized spacial score (nSPS) is 19.3. The molecule has 1 aliphatic heterocycles. The van der Waals surface area contributed by atoms with Gasteiger partial charge < -0.3 is 5.32 Å². The molecule has 0 saturated carbocycles. The third-order valence-electron chi connectivity index (χ3n) is 3.39. The molecular formula is C15H24N2O2S2. The van der Waals surface area contributed by atoms with Gasteiger partial charge in [-0.15, -0.1) is 0 Å². The van der Waals surface area contributed by atoms with Crippen LogP contribution in [-0.4, -0.2) is 32.0 Å². The van der Waals surface area contributed by atoms with E-state index in [9.17, 15) is 8.42 Å². The first kappa shape index (κ1) is 16.8. The summed E-state index contributed by atoms with van der Waals surface area (Å²) < 4.78 is 26.8. The lowest BCUT2D eigenvalue weighted by Gasteiger charge is -2.15. The Hall–Kier alpha value is -0.560. The van der Waals surface area contributed by atoms with Gasteiger partial charge in [0.05, 0.1) is 5.75 Å². The fourth-order valence-corrected chi connectivity index (χ4v) is 5.11. The van der Waals surface area contributed by atoms with Crippen molar-refractivity contribution in [3.05, 3.63) is 35.4 Å². The third kappa shape index (κ3) is 5.62. The zero-order valence-corrected chi connectivity index (χ0v) is 14.3. The van der Waals surface area contributed by atoms with Crippen molar-refractivity contribution < 1.29 is 8.42 Å². The van der Waals surface area contributed by atoms with Crippen molar-refractivity contribution in [2.75, 3.05) is 11.5 Å². The first-order valence-corrected chi connectivity index (χ1v) is 10.1. The minimum Gasteiger partial charge on any atom is -0.309 e. The molecule has 1 saturated heterocycles. The number of hydrogen-bond donors (Lipinski definition) is 2. The van der Waals surface area contributed by atoms with Gasteiger partial charge in [-0.1, -0.05) is 24.3 Å². The molecule has 1 aliphatic rings. The van der Waals surface area contributed by atoms with Gasteiger partial charge in [-0.2, -0.15) is 11.8 Å². The summed E-state index contributed by atoms with van der Waals surface area (Å²) in [5, 5.41) is 3.53. The maximum atomic E-state index is 12.1. The molecule has 2 N–H and O–H groups in total. The van der Waals surface area contributed by atoms with E-state index in [4.69, 9.17) is 0 Å². The fourth-order valence-electron chi connectivity index (χ4n) is 2.43. The summed E-state index contributed by atoms with van der Waals surface area (Å²) in [6.45, 7) is 4.41. The van der Waals surface area contributed by atoms with Gasteiger partial charge in [-0.25, -0.2) is 13.1 Å². The van der Waals surface area contributed by atoms with Crippen molar-refractivity contribution in [1.29, 1.82) is 0 Å². The molecule has 2 rings (SSSR count). The average Bonchev–Trinajstić information content (AvgIpc) is 2.88. The van der Waals surface area contributed by atoms with E-state index in [0.29, 0.717) is 6.04 Å². The molecular weight excluding hydrogens is 304 g/mol. The van der Waals surface area contributed by atoms with Crippen molar-refractivity contribution in [1.82, 2.24) is 10.0 Å². The van der Waals surface area contributed by atoms with Gasteiger partial charge in [-0.3, -0.25) is 0 Å². The van der Waals surface area contributed by atoms with E-state index in [-0.39, 0.29) is 11.8 Å². The topological polar surface area (TPSA) is 58.2 Å². The molecule has 0 spiro atoms. The summed E-state index contributed by atoms with van der Waals surface area (Å²) in [6, 6.07) is 8.25. The number of rotatable bonds is 7. The Kier molecular flexibility index (Phi) is 6.10. The van der Waals surface area contributed by atoms with Crippen LogP contribution < -0.4 is 10.0 Å². The van der Waals surface area contributed by atoms with Gasteiger partial charge in [-0.05, 0) is 37.1 Å². The third-order valence-corrected chi connectivity index (χ3v) is 6.07. The van der Waals surface area contributed by atoms with Crippen LogP contribution in [0.5, 0.6) is 0 Å². The highest BCUT2D eigenvalue weighted by atomic mass is 32.2. The van der Waals surface area contributed by atoms with E-state index < -0.39 is 10.0 Å². The first-order valence-electron chi connectivity index (χ1n) is 7.34. The largest absolute Gasteiger partial charge is 0.309 e. The van der Waals surface area contributed by atoms with Crippen LogP contribution in [-0.2, 0) is 22.3 Å². The quantitative estimate of drug-likeness (QED) is 0.805. The minimum atomic E-state index is -3.28. The lowest BCUT2D eigenvalue weighted by atomic mass is 10.1. The zero-order valence-electron chi connectivity index (χ0n) is 12.6. The standard InChI is InChI=1S/C15H24N2O2S2/c1-12(2)17-21(18,19)11-14-6-4-3-5-13(14)9-16-15-7-8-20-10-15/h3-6,12,15-17H,7-11H2,1-2H3. The van der Waals surface area contributed by atoms with E-state index in [2.05, 4.69) is 10.0 Å². The van der Waals surface area contributed by atoms with Gasteiger partial charge in [0.25, 0.3) is 0 Å². The summed E-state index contributed by atoms with van der Waals surface area (Å²) in [5.41, 5.74) is 1.95. The fraction of sp³-hybridized carbons (Fsp3) is 0.600. The molecule has 6 heteroatoms. The Morgan fingerprint density at radius 3 is 2.62 bits per heavy atom. The Morgan fingerprint density at radius 2 is 2.00 bits per heavy atom. The average molecular weight is 329 g/mol. The van der Waals surface area contributed by atoms with Crippen LogP contribution in [0.4, 0.5) is 0 Å². The summed E-state index contributed by atoms with van der Waals surface area (Å²) in [6.07, 6.45) is 1.19. The molecule has 1 fully saturated rings. The smallest absolute Gasteiger partial charge is 0.216 e. The molecule has 0 bridgehead atoms. The maximum Gasteiger partial charge on any atom is 0.216 e. The van der Waals surface area contributed by atoms with E-state index in [0.717, 1.165) is 23.4 Å². The van der Waals surface area contributed by atoms with E-state index >= 15 is 0 Å². The van der Waals surface area contributed by atoms with Crippen molar-refractivity contribution in [2.24, 2.45) is 0 Å². The summed E-state index contributed by atoms with van der Waals surface area (Å²) in [4.78, 5) is 0. The second-order valence-corrected chi connectivity index (χ2v) is 8.65. The Balaban J connectivity index is 2.02. The van der Waals surface area contributed by atoms with Crippen LogP contribution in [0.25, 0.3) is 0 Å². The highest BCUT2D eigenvalue weighted by molar-refractivity contribution is 7.99. The summed E-state index contributed by atoms with van der Waals surface area (Å²) >= 11 is 1.97. The van der Waals surface area contributed by atoms with Crippen LogP contribution in [0.3, 0.4) is 0 Å².